The molecular formula is C15H16N2OS. The molecule has 19 heavy (non-hydrogen) atoms. The van der Waals surface area contributed by atoms with E-state index in [0.717, 1.165) is 11.3 Å². The van der Waals surface area contributed by atoms with Gasteiger partial charge in [-0.1, -0.05) is 6.07 Å². The van der Waals surface area contributed by atoms with Gasteiger partial charge in [-0.25, -0.2) is 0 Å². The second kappa shape index (κ2) is 6.37. The summed E-state index contributed by atoms with van der Waals surface area (Å²) in [6.07, 6.45) is 0. The molecule has 1 N–H and O–H groups in total. The number of ether oxygens (including phenoxy) is 1. The Morgan fingerprint density at radius 2 is 2.26 bits per heavy atom. The van der Waals surface area contributed by atoms with Crippen LogP contribution >= 0.6 is 11.3 Å². The SMILES string of the molecule is COc1ccc(C#N)cc1CN[C@H](C)c1cccs1. The summed E-state index contributed by atoms with van der Waals surface area (Å²) >= 11 is 1.74. The fourth-order valence-electron chi connectivity index (χ4n) is 1.89. The molecule has 98 valence electrons. The number of methoxy groups -OCH3 is 1. The van der Waals surface area contributed by atoms with Crippen LogP contribution in [0.4, 0.5) is 0 Å². The summed E-state index contributed by atoms with van der Waals surface area (Å²) in [6, 6.07) is 12.1. The minimum Gasteiger partial charge on any atom is -0.496 e. The fourth-order valence-corrected chi connectivity index (χ4v) is 2.65. The summed E-state index contributed by atoms with van der Waals surface area (Å²) in [5.41, 5.74) is 1.66. The number of rotatable bonds is 5. The molecule has 0 aliphatic heterocycles. The summed E-state index contributed by atoms with van der Waals surface area (Å²) in [4.78, 5) is 1.30. The Bertz CT molecular complexity index is 572. The lowest BCUT2D eigenvalue weighted by atomic mass is 10.1. The van der Waals surface area contributed by atoms with Crippen molar-refractivity contribution in [3.63, 3.8) is 0 Å². The second-order valence-electron chi connectivity index (χ2n) is 4.26. The molecule has 0 fully saturated rings. The predicted octanol–water partition coefficient (Wildman–Crippen LogP) is 3.48. The van der Waals surface area contributed by atoms with Crippen molar-refractivity contribution in [2.45, 2.75) is 19.5 Å². The monoisotopic (exact) mass is 272 g/mol. The standard InChI is InChI=1S/C15H16N2OS/c1-11(15-4-3-7-19-15)17-10-13-8-12(9-16)5-6-14(13)18-2/h3-8,11,17H,10H2,1-2H3/t11-/m1/s1. The summed E-state index contributed by atoms with van der Waals surface area (Å²) in [7, 11) is 1.65. The highest BCUT2D eigenvalue weighted by molar-refractivity contribution is 7.10. The van der Waals surface area contributed by atoms with Crippen LogP contribution in [-0.2, 0) is 6.54 Å². The molecular weight excluding hydrogens is 256 g/mol. The highest BCUT2D eigenvalue weighted by Crippen LogP contribution is 2.22. The lowest BCUT2D eigenvalue weighted by Crippen LogP contribution is -2.17. The van der Waals surface area contributed by atoms with E-state index in [4.69, 9.17) is 10.00 Å². The summed E-state index contributed by atoms with van der Waals surface area (Å²) in [6.45, 7) is 2.81. The highest BCUT2D eigenvalue weighted by Gasteiger charge is 2.09. The zero-order valence-corrected chi connectivity index (χ0v) is 11.8. The highest BCUT2D eigenvalue weighted by atomic mass is 32.1. The first kappa shape index (κ1) is 13.6. The van der Waals surface area contributed by atoms with Crippen LogP contribution in [0, 0.1) is 11.3 Å². The van der Waals surface area contributed by atoms with Gasteiger partial charge >= 0.3 is 0 Å². The Morgan fingerprint density at radius 1 is 1.42 bits per heavy atom. The lowest BCUT2D eigenvalue weighted by molar-refractivity contribution is 0.406. The summed E-state index contributed by atoms with van der Waals surface area (Å²) < 4.78 is 5.32. The van der Waals surface area contributed by atoms with Gasteiger partial charge in [0.15, 0.2) is 0 Å². The Labute approximate surface area is 117 Å². The van der Waals surface area contributed by atoms with E-state index in [9.17, 15) is 0 Å². The van der Waals surface area contributed by atoms with E-state index >= 15 is 0 Å². The third-order valence-electron chi connectivity index (χ3n) is 2.98. The molecule has 0 radical (unpaired) electrons. The van der Waals surface area contributed by atoms with Crippen LogP contribution in [0.5, 0.6) is 5.75 Å². The van der Waals surface area contributed by atoms with E-state index in [-0.39, 0.29) is 6.04 Å². The van der Waals surface area contributed by atoms with Gasteiger partial charge in [0.1, 0.15) is 5.75 Å². The van der Waals surface area contributed by atoms with Crippen LogP contribution < -0.4 is 10.1 Å². The molecule has 1 aromatic carbocycles. The first-order chi connectivity index (χ1) is 9.24. The minimum atomic E-state index is 0.287. The van der Waals surface area contributed by atoms with E-state index in [1.807, 2.05) is 12.1 Å². The molecule has 2 aromatic rings. The molecule has 4 heteroatoms. The van der Waals surface area contributed by atoms with Crippen molar-refractivity contribution in [1.82, 2.24) is 5.32 Å². The third-order valence-corrected chi connectivity index (χ3v) is 4.03. The Kier molecular flexibility index (Phi) is 4.56. The zero-order valence-electron chi connectivity index (χ0n) is 11.0. The predicted molar refractivity (Wildman–Crippen MR) is 77.3 cm³/mol. The van der Waals surface area contributed by atoms with Crippen LogP contribution in [0.25, 0.3) is 0 Å². The van der Waals surface area contributed by atoms with Crippen LogP contribution in [0.1, 0.15) is 29.0 Å². The number of benzene rings is 1. The smallest absolute Gasteiger partial charge is 0.123 e. The lowest BCUT2D eigenvalue weighted by Gasteiger charge is -2.14. The number of nitrogens with one attached hydrogen (secondary N) is 1. The van der Waals surface area contributed by atoms with E-state index in [1.54, 1.807) is 24.5 Å². The molecule has 0 bridgehead atoms. The molecule has 1 atom stereocenters. The average molecular weight is 272 g/mol. The normalized spacial score (nSPS) is 11.8. The van der Waals surface area contributed by atoms with Crippen LogP contribution in [0.2, 0.25) is 0 Å². The maximum absolute atomic E-state index is 8.94. The first-order valence-electron chi connectivity index (χ1n) is 6.08. The maximum atomic E-state index is 8.94. The fraction of sp³-hybridized carbons (Fsp3) is 0.267. The quantitative estimate of drug-likeness (QED) is 0.906. The van der Waals surface area contributed by atoms with Crippen molar-refractivity contribution in [2.24, 2.45) is 0 Å². The van der Waals surface area contributed by atoms with Gasteiger partial charge in [0.05, 0.1) is 18.7 Å². The number of hydrogen-bond acceptors (Lipinski definition) is 4. The molecule has 0 spiro atoms. The molecule has 0 saturated heterocycles. The van der Waals surface area contributed by atoms with Crippen molar-refractivity contribution in [3.05, 3.63) is 51.7 Å². The van der Waals surface area contributed by atoms with Gasteiger partial charge in [-0.05, 0) is 36.6 Å². The van der Waals surface area contributed by atoms with E-state index in [1.165, 1.54) is 4.88 Å². The molecule has 2 rings (SSSR count). The Hall–Kier alpha value is -1.83. The van der Waals surface area contributed by atoms with Crippen LogP contribution in [0.3, 0.4) is 0 Å². The number of nitriles is 1. The molecule has 0 amide bonds. The van der Waals surface area contributed by atoms with Gasteiger partial charge in [0, 0.05) is 23.0 Å². The van der Waals surface area contributed by atoms with Gasteiger partial charge in [0.2, 0.25) is 0 Å². The summed E-state index contributed by atoms with van der Waals surface area (Å²) in [5.74, 6) is 0.810. The topological polar surface area (TPSA) is 45.0 Å². The van der Waals surface area contributed by atoms with Crippen molar-refractivity contribution in [1.29, 1.82) is 5.26 Å². The van der Waals surface area contributed by atoms with Crippen molar-refractivity contribution in [2.75, 3.05) is 7.11 Å². The molecule has 1 aromatic heterocycles. The average Bonchev–Trinajstić information content (AvgIpc) is 2.98. The Balaban J connectivity index is 2.08. The number of hydrogen-bond donors (Lipinski definition) is 1. The molecule has 0 aliphatic rings. The first-order valence-corrected chi connectivity index (χ1v) is 6.96. The number of thiophene rings is 1. The Morgan fingerprint density at radius 3 is 2.89 bits per heavy atom. The number of nitrogens with zero attached hydrogens (tertiary/aromatic N) is 1. The van der Waals surface area contributed by atoms with E-state index in [2.05, 4.69) is 35.8 Å². The molecule has 3 nitrogen and oxygen atoms in total. The molecule has 0 aliphatic carbocycles. The van der Waals surface area contributed by atoms with Crippen LogP contribution in [-0.4, -0.2) is 7.11 Å². The second-order valence-corrected chi connectivity index (χ2v) is 5.24. The minimum absolute atomic E-state index is 0.287. The van der Waals surface area contributed by atoms with Crippen molar-refractivity contribution in [3.8, 4) is 11.8 Å². The van der Waals surface area contributed by atoms with Gasteiger partial charge in [-0.2, -0.15) is 5.26 Å². The van der Waals surface area contributed by atoms with Crippen molar-refractivity contribution < 1.29 is 4.74 Å². The van der Waals surface area contributed by atoms with E-state index < -0.39 is 0 Å². The van der Waals surface area contributed by atoms with Gasteiger partial charge in [0.25, 0.3) is 0 Å². The molecule has 0 unspecified atom stereocenters. The zero-order chi connectivity index (χ0) is 13.7. The third kappa shape index (κ3) is 3.34. The van der Waals surface area contributed by atoms with E-state index in [0.29, 0.717) is 12.1 Å². The van der Waals surface area contributed by atoms with Gasteiger partial charge in [-0.15, -0.1) is 11.3 Å². The molecule has 0 saturated carbocycles. The summed E-state index contributed by atoms with van der Waals surface area (Å²) in [5, 5.41) is 14.5. The molecule has 1 heterocycles. The van der Waals surface area contributed by atoms with Gasteiger partial charge in [-0.3, -0.25) is 0 Å². The largest absolute Gasteiger partial charge is 0.496 e. The maximum Gasteiger partial charge on any atom is 0.123 e. The van der Waals surface area contributed by atoms with Crippen LogP contribution in [0.15, 0.2) is 35.7 Å². The van der Waals surface area contributed by atoms with Gasteiger partial charge < -0.3 is 10.1 Å². The van der Waals surface area contributed by atoms with Crippen molar-refractivity contribution >= 4 is 11.3 Å².